The summed E-state index contributed by atoms with van der Waals surface area (Å²) in [4.78, 5) is 52.4. The standard InChI is InChI=1S/C33H50ClN5O3/c1-22(2)37-20-29(25-8-10-26(34)11-9-25)30(21-37)32(41)38-19-28(39(24(4)40)27-12-6-23(3)7-13-27)18-31(38)33(42)36-16-14-35(5)15-17-36/h8-11,22-23,27-31H,6-7,12-21H2,1-5H3/t23?,27?,28-,29-,30+,31+/m0/s1. The van der Waals surface area contributed by atoms with Gasteiger partial charge in [0.25, 0.3) is 0 Å². The van der Waals surface area contributed by atoms with Crippen LogP contribution in [0.4, 0.5) is 0 Å². The SMILES string of the molecule is CC(=O)N(C1CCC(C)CC1)[C@H]1C[C@H](C(=O)N2CCN(C)CC2)N(C(=O)[C@@H]2CN(C(C)C)C[C@H]2c2ccc(Cl)cc2)C1. The van der Waals surface area contributed by atoms with Gasteiger partial charge in [0.15, 0.2) is 0 Å². The summed E-state index contributed by atoms with van der Waals surface area (Å²) in [5.41, 5.74) is 1.11. The molecular formula is C33H50ClN5O3. The van der Waals surface area contributed by atoms with Crippen molar-refractivity contribution in [3.8, 4) is 0 Å². The lowest BCUT2D eigenvalue weighted by Gasteiger charge is -2.39. The lowest BCUT2D eigenvalue weighted by Crippen LogP contribution is -2.54. The molecule has 4 fully saturated rings. The molecular weight excluding hydrogens is 550 g/mol. The first-order valence-corrected chi connectivity index (χ1v) is 16.5. The van der Waals surface area contributed by atoms with Gasteiger partial charge in [-0.15, -0.1) is 0 Å². The highest BCUT2D eigenvalue weighted by molar-refractivity contribution is 6.30. The van der Waals surface area contributed by atoms with Crippen molar-refractivity contribution in [2.75, 3.05) is 52.9 Å². The summed E-state index contributed by atoms with van der Waals surface area (Å²) in [5, 5.41) is 0.682. The number of likely N-dealkylation sites (N-methyl/N-ethyl adjacent to an activating group) is 1. The van der Waals surface area contributed by atoms with Crippen molar-refractivity contribution in [3.05, 3.63) is 34.9 Å². The molecule has 232 valence electrons. The van der Waals surface area contributed by atoms with E-state index in [-0.39, 0.29) is 41.6 Å². The van der Waals surface area contributed by atoms with E-state index < -0.39 is 6.04 Å². The summed E-state index contributed by atoms with van der Waals surface area (Å²) in [6.07, 6.45) is 4.74. The number of likely N-dealkylation sites (tertiary alicyclic amines) is 2. The van der Waals surface area contributed by atoms with Crippen LogP contribution in [0.2, 0.25) is 5.02 Å². The third-order valence-electron chi connectivity index (χ3n) is 10.5. The van der Waals surface area contributed by atoms with Crippen molar-refractivity contribution < 1.29 is 14.4 Å². The van der Waals surface area contributed by atoms with Crippen LogP contribution in [0.5, 0.6) is 0 Å². The Bertz CT molecular complexity index is 1110. The molecule has 4 atom stereocenters. The van der Waals surface area contributed by atoms with Crippen LogP contribution < -0.4 is 0 Å². The van der Waals surface area contributed by atoms with E-state index in [4.69, 9.17) is 11.6 Å². The summed E-state index contributed by atoms with van der Waals surface area (Å²) in [6, 6.07) is 7.71. The third kappa shape index (κ3) is 6.66. The van der Waals surface area contributed by atoms with Gasteiger partial charge in [0, 0.05) is 75.8 Å². The molecule has 8 nitrogen and oxygen atoms in total. The molecule has 3 heterocycles. The van der Waals surface area contributed by atoms with Gasteiger partial charge in [0.1, 0.15) is 6.04 Å². The van der Waals surface area contributed by atoms with Crippen molar-refractivity contribution in [2.45, 2.75) is 89.9 Å². The number of hydrogen-bond donors (Lipinski definition) is 0. The van der Waals surface area contributed by atoms with Gasteiger partial charge in [-0.25, -0.2) is 0 Å². The monoisotopic (exact) mass is 599 g/mol. The van der Waals surface area contributed by atoms with Crippen LogP contribution in [0.15, 0.2) is 24.3 Å². The Balaban J connectivity index is 1.44. The van der Waals surface area contributed by atoms with Gasteiger partial charge in [0.05, 0.1) is 12.0 Å². The van der Waals surface area contributed by atoms with E-state index in [0.717, 1.165) is 50.9 Å². The summed E-state index contributed by atoms with van der Waals surface area (Å²) in [5.74, 6) is 0.607. The van der Waals surface area contributed by atoms with E-state index in [1.807, 2.05) is 34.1 Å². The maximum atomic E-state index is 14.7. The van der Waals surface area contributed by atoms with Gasteiger partial charge >= 0.3 is 0 Å². The molecule has 3 amide bonds. The van der Waals surface area contributed by atoms with Crippen LogP contribution in [0.3, 0.4) is 0 Å². The molecule has 9 heteroatoms. The van der Waals surface area contributed by atoms with Crippen LogP contribution >= 0.6 is 11.6 Å². The second kappa shape index (κ2) is 13.2. The minimum absolute atomic E-state index is 0.0272. The van der Waals surface area contributed by atoms with Crippen LogP contribution in [0.25, 0.3) is 0 Å². The first-order valence-electron chi connectivity index (χ1n) is 16.1. The summed E-state index contributed by atoms with van der Waals surface area (Å²) < 4.78 is 0. The van der Waals surface area contributed by atoms with E-state index in [1.165, 1.54) is 0 Å². The molecule has 1 aliphatic carbocycles. The van der Waals surface area contributed by atoms with Crippen LogP contribution in [0, 0.1) is 11.8 Å². The number of carbonyl (C=O) groups is 3. The fourth-order valence-electron chi connectivity index (χ4n) is 7.83. The molecule has 42 heavy (non-hydrogen) atoms. The average Bonchev–Trinajstić information content (AvgIpc) is 3.60. The van der Waals surface area contributed by atoms with E-state index in [9.17, 15) is 14.4 Å². The highest BCUT2D eigenvalue weighted by atomic mass is 35.5. The normalized spacial score (nSPS) is 31.1. The number of carbonyl (C=O) groups excluding carboxylic acids is 3. The zero-order valence-corrected chi connectivity index (χ0v) is 26.9. The highest BCUT2D eigenvalue weighted by Gasteiger charge is 2.50. The van der Waals surface area contributed by atoms with Gasteiger partial charge in [-0.2, -0.15) is 0 Å². The summed E-state index contributed by atoms with van der Waals surface area (Å²) >= 11 is 6.22. The van der Waals surface area contributed by atoms with Gasteiger partial charge in [0.2, 0.25) is 17.7 Å². The van der Waals surface area contributed by atoms with Crippen LogP contribution in [-0.2, 0) is 14.4 Å². The quantitative estimate of drug-likeness (QED) is 0.496. The van der Waals surface area contributed by atoms with E-state index in [0.29, 0.717) is 49.6 Å². The Hall–Kier alpha value is -2.16. The van der Waals surface area contributed by atoms with E-state index in [2.05, 4.69) is 42.5 Å². The Kier molecular flexibility index (Phi) is 9.85. The van der Waals surface area contributed by atoms with Crippen molar-refractivity contribution in [1.29, 1.82) is 0 Å². The molecule has 0 unspecified atom stereocenters. The summed E-state index contributed by atoms with van der Waals surface area (Å²) in [7, 11) is 2.08. The topological polar surface area (TPSA) is 67.4 Å². The number of hydrogen-bond acceptors (Lipinski definition) is 5. The molecule has 0 spiro atoms. The van der Waals surface area contributed by atoms with Crippen molar-refractivity contribution >= 4 is 29.3 Å². The second-order valence-corrected chi connectivity index (χ2v) is 14.1. The lowest BCUT2D eigenvalue weighted by molar-refractivity contribution is -0.147. The zero-order chi connectivity index (χ0) is 30.1. The molecule has 0 N–H and O–H groups in total. The smallest absolute Gasteiger partial charge is 0.245 e. The number of rotatable bonds is 6. The van der Waals surface area contributed by atoms with E-state index in [1.54, 1.807) is 6.92 Å². The third-order valence-corrected chi connectivity index (χ3v) is 10.7. The molecule has 1 aromatic rings. The minimum Gasteiger partial charge on any atom is -0.338 e. The van der Waals surface area contributed by atoms with E-state index >= 15 is 0 Å². The highest BCUT2D eigenvalue weighted by Crippen LogP contribution is 2.39. The molecule has 0 radical (unpaired) electrons. The number of benzene rings is 1. The van der Waals surface area contributed by atoms with Crippen molar-refractivity contribution in [2.24, 2.45) is 11.8 Å². The van der Waals surface area contributed by atoms with Gasteiger partial charge < -0.3 is 19.6 Å². The average molecular weight is 600 g/mol. The van der Waals surface area contributed by atoms with Gasteiger partial charge in [-0.3, -0.25) is 19.3 Å². The fourth-order valence-corrected chi connectivity index (χ4v) is 7.96. The number of halogens is 1. The Morgan fingerprint density at radius 1 is 0.881 bits per heavy atom. The first kappa shape index (κ1) is 31.3. The molecule has 0 bridgehead atoms. The Morgan fingerprint density at radius 3 is 2.12 bits per heavy atom. The maximum Gasteiger partial charge on any atom is 0.245 e. The van der Waals surface area contributed by atoms with Crippen molar-refractivity contribution in [3.63, 3.8) is 0 Å². The predicted octanol–water partition coefficient (Wildman–Crippen LogP) is 3.93. The molecule has 5 rings (SSSR count). The number of amides is 3. The second-order valence-electron chi connectivity index (χ2n) is 13.7. The minimum atomic E-state index is -0.533. The van der Waals surface area contributed by atoms with Crippen molar-refractivity contribution in [1.82, 2.24) is 24.5 Å². The predicted molar refractivity (Wildman–Crippen MR) is 166 cm³/mol. The molecule has 3 saturated heterocycles. The number of nitrogens with zero attached hydrogens (tertiary/aromatic N) is 5. The Labute approximate surface area is 257 Å². The first-order chi connectivity index (χ1) is 20.0. The van der Waals surface area contributed by atoms with Crippen LogP contribution in [-0.4, -0.2) is 119 Å². The summed E-state index contributed by atoms with van der Waals surface area (Å²) in [6.45, 7) is 13.2. The molecule has 4 aliphatic rings. The van der Waals surface area contributed by atoms with Gasteiger partial charge in [-0.1, -0.05) is 30.7 Å². The molecule has 3 aliphatic heterocycles. The molecule has 1 aromatic carbocycles. The Morgan fingerprint density at radius 2 is 1.52 bits per heavy atom. The maximum absolute atomic E-state index is 14.7. The van der Waals surface area contributed by atoms with Crippen LogP contribution in [0.1, 0.15) is 71.3 Å². The largest absolute Gasteiger partial charge is 0.338 e. The zero-order valence-electron chi connectivity index (χ0n) is 26.2. The number of piperazine rings is 1. The lowest BCUT2D eigenvalue weighted by atomic mass is 9.86. The fraction of sp³-hybridized carbons (Fsp3) is 0.727. The molecule has 1 saturated carbocycles. The molecule has 0 aromatic heterocycles. The van der Waals surface area contributed by atoms with Gasteiger partial charge in [-0.05, 0) is 76.6 Å².